The fourth-order valence-corrected chi connectivity index (χ4v) is 2.59. The fraction of sp³-hybridized carbons (Fsp3) is 0.650. The lowest BCUT2D eigenvalue weighted by atomic mass is 10.1. The van der Waals surface area contributed by atoms with E-state index in [-0.39, 0.29) is 5.76 Å². The fourth-order valence-electron chi connectivity index (χ4n) is 2.59. The zero-order valence-electron chi connectivity index (χ0n) is 14.6. The summed E-state index contributed by atoms with van der Waals surface area (Å²) in [5.41, 5.74) is 0. The van der Waals surface area contributed by atoms with Crippen LogP contribution in [0.5, 0.6) is 0 Å². The summed E-state index contributed by atoms with van der Waals surface area (Å²) in [6, 6.07) is 0. The first-order valence-corrected chi connectivity index (χ1v) is 9.24. The summed E-state index contributed by atoms with van der Waals surface area (Å²) in [7, 11) is 0. The van der Waals surface area contributed by atoms with Crippen LogP contribution >= 0.6 is 0 Å². The van der Waals surface area contributed by atoms with Crippen LogP contribution in [0.3, 0.4) is 0 Å². The number of ether oxygens (including phenoxy) is 1. The van der Waals surface area contributed by atoms with Gasteiger partial charge >= 0.3 is 5.97 Å². The van der Waals surface area contributed by atoms with E-state index in [1.165, 1.54) is 70.6 Å². The summed E-state index contributed by atoms with van der Waals surface area (Å²) >= 11 is 0. The van der Waals surface area contributed by atoms with Crippen molar-refractivity contribution in [2.45, 2.75) is 84.0 Å². The van der Waals surface area contributed by atoms with Crippen molar-refractivity contribution in [1.82, 2.24) is 0 Å². The van der Waals surface area contributed by atoms with Gasteiger partial charge in [0.05, 0.1) is 0 Å². The van der Waals surface area contributed by atoms with E-state index in [2.05, 4.69) is 13.0 Å². The smallest absolute Gasteiger partial charge is 0.375 e. The van der Waals surface area contributed by atoms with Crippen LogP contribution in [0.4, 0.5) is 0 Å². The Morgan fingerprint density at radius 2 is 1.48 bits per heavy atom. The molecule has 0 saturated carbocycles. The van der Waals surface area contributed by atoms with E-state index in [1.54, 1.807) is 6.08 Å². The van der Waals surface area contributed by atoms with Gasteiger partial charge in [0.15, 0.2) is 5.76 Å². The van der Waals surface area contributed by atoms with Gasteiger partial charge in [-0.25, -0.2) is 4.79 Å². The molecule has 1 aliphatic heterocycles. The van der Waals surface area contributed by atoms with Crippen molar-refractivity contribution in [3.63, 3.8) is 0 Å². The van der Waals surface area contributed by atoms with Crippen LogP contribution in [0.2, 0.25) is 0 Å². The first-order valence-electron chi connectivity index (χ1n) is 9.24. The lowest BCUT2D eigenvalue weighted by Crippen LogP contribution is -1.88. The zero-order chi connectivity index (χ0) is 16.8. The molecule has 23 heavy (non-hydrogen) atoms. The monoisotopic (exact) mass is 320 g/mol. The molecule has 1 aliphatic rings. The molecule has 0 aromatic carbocycles. The minimum absolute atomic E-state index is 0.0695. The Labute approximate surface area is 141 Å². The lowest BCUT2D eigenvalue weighted by molar-refractivity contribution is -0.133. The van der Waals surface area contributed by atoms with Gasteiger partial charge in [-0.2, -0.15) is 0 Å². The van der Waals surface area contributed by atoms with E-state index in [0.717, 1.165) is 6.42 Å². The molecule has 0 amide bonds. The van der Waals surface area contributed by atoms with Crippen molar-refractivity contribution in [3.05, 3.63) is 35.8 Å². The predicted octanol–water partition coefficient (Wildman–Crippen LogP) is 6.13. The molecule has 1 rings (SSSR count). The van der Waals surface area contributed by atoms with Crippen LogP contribution in [-0.4, -0.2) is 11.1 Å². The highest BCUT2D eigenvalue weighted by Crippen LogP contribution is 2.26. The van der Waals surface area contributed by atoms with Gasteiger partial charge < -0.3 is 9.84 Å². The predicted molar refractivity (Wildman–Crippen MR) is 95.1 cm³/mol. The molecule has 0 unspecified atom stereocenters. The van der Waals surface area contributed by atoms with Crippen LogP contribution in [0, 0.1) is 0 Å². The molecular weight excluding hydrogens is 288 g/mol. The second kappa shape index (κ2) is 13.0. The number of aliphatic carboxylic acids is 1. The summed E-state index contributed by atoms with van der Waals surface area (Å²) in [4.78, 5) is 10.5. The Hall–Kier alpha value is -1.51. The number of hydrogen-bond donors (Lipinski definition) is 1. The highest BCUT2D eigenvalue weighted by Gasteiger charge is 2.29. The quantitative estimate of drug-likeness (QED) is 0.292. The SMILES string of the molecule is CCCCCCCCCCCCC/C=C/C=C\C1=C(C(=O)O)O1. The van der Waals surface area contributed by atoms with Crippen LogP contribution in [-0.2, 0) is 9.53 Å². The summed E-state index contributed by atoms with van der Waals surface area (Å²) in [6.45, 7) is 2.26. The van der Waals surface area contributed by atoms with Crippen molar-refractivity contribution in [1.29, 1.82) is 0 Å². The Kier molecular flexibility index (Phi) is 11.0. The first kappa shape index (κ1) is 19.5. The molecule has 130 valence electrons. The second-order valence-electron chi connectivity index (χ2n) is 6.21. The molecule has 1 heterocycles. The van der Waals surface area contributed by atoms with Gasteiger partial charge in [-0.1, -0.05) is 89.4 Å². The normalized spacial score (nSPS) is 14.0. The molecule has 1 N–H and O–H groups in total. The van der Waals surface area contributed by atoms with Crippen molar-refractivity contribution >= 4 is 5.97 Å². The summed E-state index contributed by atoms with van der Waals surface area (Å²) in [5.74, 6) is -0.452. The van der Waals surface area contributed by atoms with Gasteiger partial charge in [0, 0.05) is 0 Å². The summed E-state index contributed by atoms with van der Waals surface area (Å²) in [5, 5.41) is 8.61. The molecule has 0 saturated heterocycles. The third-order valence-corrected chi connectivity index (χ3v) is 4.06. The van der Waals surface area contributed by atoms with Gasteiger partial charge in [-0.15, -0.1) is 0 Å². The Morgan fingerprint density at radius 1 is 0.913 bits per heavy atom. The number of allylic oxidation sites excluding steroid dienone is 4. The van der Waals surface area contributed by atoms with Gasteiger partial charge in [0.1, 0.15) is 0 Å². The molecule has 0 atom stereocenters. The van der Waals surface area contributed by atoms with Crippen LogP contribution in [0.25, 0.3) is 0 Å². The van der Waals surface area contributed by atoms with E-state index in [0.29, 0.717) is 5.76 Å². The number of unbranched alkanes of at least 4 members (excludes halogenated alkanes) is 11. The highest BCUT2D eigenvalue weighted by molar-refractivity contribution is 5.89. The van der Waals surface area contributed by atoms with Gasteiger partial charge in [0.25, 0.3) is 5.76 Å². The van der Waals surface area contributed by atoms with Gasteiger partial charge in [-0.3, -0.25) is 0 Å². The molecule has 0 radical (unpaired) electrons. The lowest BCUT2D eigenvalue weighted by Gasteiger charge is -2.01. The van der Waals surface area contributed by atoms with Gasteiger partial charge in [0.2, 0.25) is 0 Å². The molecule has 0 aliphatic carbocycles. The van der Waals surface area contributed by atoms with Crippen molar-refractivity contribution in [3.8, 4) is 0 Å². The average molecular weight is 320 g/mol. The molecule has 0 aromatic rings. The average Bonchev–Trinajstić information content (AvgIpc) is 3.31. The molecule has 3 heteroatoms. The maximum absolute atomic E-state index is 10.5. The Bertz CT molecular complexity index is 419. The van der Waals surface area contributed by atoms with E-state index in [1.807, 2.05) is 12.2 Å². The standard InChI is InChI=1S/C20H32O3/c1-2-3-4-5-6-7-8-9-10-11-12-13-14-15-16-17-18-19(23-18)20(21)22/h14-17H,2-13H2,1H3,(H,21,22)/b15-14+,17-16-. The van der Waals surface area contributed by atoms with Crippen molar-refractivity contribution < 1.29 is 14.6 Å². The van der Waals surface area contributed by atoms with Gasteiger partial charge in [-0.05, 0) is 18.9 Å². The van der Waals surface area contributed by atoms with Crippen LogP contribution < -0.4 is 0 Å². The van der Waals surface area contributed by atoms with Crippen LogP contribution in [0.15, 0.2) is 35.8 Å². The van der Waals surface area contributed by atoms with E-state index >= 15 is 0 Å². The summed E-state index contributed by atoms with van der Waals surface area (Å²) < 4.78 is 4.81. The number of hydrogen-bond acceptors (Lipinski definition) is 2. The molecule has 0 bridgehead atoms. The number of carboxylic acid groups (broad SMARTS) is 1. The number of rotatable bonds is 15. The highest BCUT2D eigenvalue weighted by atomic mass is 16.6. The van der Waals surface area contributed by atoms with Crippen molar-refractivity contribution in [2.75, 3.05) is 0 Å². The third-order valence-electron chi connectivity index (χ3n) is 4.06. The third kappa shape index (κ3) is 10.8. The van der Waals surface area contributed by atoms with E-state index in [9.17, 15) is 4.79 Å². The maximum atomic E-state index is 10.5. The van der Waals surface area contributed by atoms with E-state index < -0.39 is 5.97 Å². The Balaban J connectivity index is 1.82. The first-order chi connectivity index (χ1) is 11.3. The minimum Gasteiger partial charge on any atom is -0.475 e. The topological polar surface area (TPSA) is 49.8 Å². The van der Waals surface area contributed by atoms with Crippen LogP contribution in [0.1, 0.15) is 84.0 Å². The largest absolute Gasteiger partial charge is 0.475 e. The molecule has 0 aromatic heterocycles. The molecule has 0 fully saturated rings. The second-order valence-corrected chi connectivity index (χ2v) is 6.21. The number of carboxylic acids is 1. The zero-order valence-corrected chi connectivity index (χ0v) is 14.6. The molecule has 3 nitrogen and oxygen atoms in total. The minimum atomic E-state index is -0.991. The Morgan fingerprint density at radius 3 is 2.00 bits per heavy atom. The summed E-state index contributed by atoms with van der Waals surface area (Å²) in [6.07, 6.45) is 23.8. The number of carbonyl (C=O) groups is 1. The molecule has 0 spiro atoms. The van der Waals surface area contributed by atoms with E-state index in [4.69, 9.17) is 9.84 Å². The van der Waals surface area contributed by atoms with Crippen molar-refractivity contribution in [2.24, 2.45) is 0 Å². The molecular formula is C20H32O3. The maximum Gasteiger partial charge on any atom is 0.375 e.